The molecule has 5 aromatic rings. The molecule has 0 bridgehead atoms. The maximum absolute atomic E-state index is 4.45. The van der Waals surface area contributed by atoms with Crippen molar-refractivity contribution in [3.63, 3.8) is 0 Å². The molecule has 0 saturated carbocycles. The van der Waals surface area contributed by atoms with Gasteiger partial charge in [-0.1, -0.05) is 24.3 Å². The number of rotatable bonds is 3. The predicted molar refractivity (Wildman–Crippen MR) is 125 cm³/mol. The van der Waals surface area contributed by atoms with Crippen molar-refractivity contribution in [1.29, 1.82) is 0 Å². The van der Waals surface area contributed by atoms with Crippen molar-refractivity contribution >= 4 is 0 Å². The summed E-state index contributed by atoms with van der Waals surface area (Å²) >= 11 is 0. The van der Waals surface area contributed by atoms with Crippen LogP contribution in [0.25, 0.3) is 33.8 Å². The van der Waals surface area contributed by atoms with Gasteiger partial charge in [-0.05, 0) is 47.6 Å². The summed E-state index contributed by atoms with van der Waals surface area (Å²) in [6.07, 6.45) is 5.48. The summed E-state index contributed by atoms with van der Waals surface area (Å²) in [6, 6.07) is 36.0. The summed E-state index contributed by atoms with van der Waals surface area (Å²) < 4.78 is 0. The molecule has 32 heavy (non-hydrogen) atoms. The minimum Gasteiger partial charge on any atom is -0.305 e. The zero-order chi connectivity index (χ0) is 21.3. The zero-order valence-corrected chi connectivity index (χ0v) is 20.0. The molecule has 1 radical (unpaired) electrons. The Kier molecular flexibility index (Phi) is 8.56. The van der Waals surface area contributed by atoms with Crippen molar-refractivity contribution < 1.29 is 20.1 Å². The Labute approximate surface area is 202 Å². The van der Waals surface area contributed by atoms with Crippen LogP contribution in [0.2, 0.25) is 0 Å². The van der Waals surface area contributed by atoms with Crippen LogP contribution in [0, 0.1) is 19.1 Å². The molecule has 0 aliphatic rings. The Balaban J connectivity index is 0.000000193. The topological polar surface area (TPSA) is 38.7 Å². The maximum Gasteiger partial charge on any atom is 0.0695 e. The number of hydrogen-bond acceptors (Lipinski definition) is 3. The van der Waals surface area contributed by atoms with Crippen LogP contribution in [0.3, 0.4) is 0 Å². The zero-order valence-electron chi connectivity index (χ0n) is 17.6. The number of hydrogen-bond donors (Lipinski definition) is 0. The average molecular weight is 592 g/mol. The molecule has 0 atom stereocenters. The fraction of sp³-hybridized carbons (Fsp3) is 0.0357. The molecule has 0 aliphatic heterocycles. The van der Waals surface area contributed by atoms with Gasteiger partial charge in [-0.25, -0.2) is 0 Å². The molecule has 5 rings (SSSR count). The van der Waals surface area contributed by atoms with Crippen molar-refractivity contribution in [2.45, 2.75) is 6.92 Å². The molecule has 0 N–H and O–H groups in total. The largest absolute Gasteiger partial charge is 0.305 e. The van der Waals surface area contributed by atoms with E-state index in [0.29, 0.717) is 0 Å². The molecule has 0 spiro atoms. The van der Waals surface area contributed by atoms with E-state index in [1.807, 2.05) is 104 Å². The Bertz CT molecular complexity index is 1170. The van der Waals surface area contributed by atoms with E-state index < -0.39 is 0 Å². The van der Waals surface area contributed by atoms with Crippen molar-refractivity contribution in [2.24, 2.45) is 0 Å². The van der Waals surface area contributed by atoms with Crippen LogP contribution in [0.1, 0.15) is 5.56 Å². The monoisotopic (exact) mass is 592 g/mol. The Morgan fingerprint density at radius 1 is 0.594 bits per heavy atom. The summed E-state index contributed by atoms with van der Waals surface area (Å²) in [5, 5.41) is 0. The maximum atomic E-state index is 4.45. The van der Waals surface area contributed by atoms with E-state index in [1.54, 1.807) is 6.20 Å². The van der Waals surface area contributed by atoms with E-state index in [1.165, 1.54) is 0 Å². The normalized spacial score (nSPS) is 9.78. The fourth-order valence-electron chi connectivity index (χ4n) is 3.00. The number of nitrogens with zero attached hydrogens (tertiary/aromatic N) is 3. The van der Waals surface area contributed by atoms with Crippen molar-refractivity contribution in [2.75, 3.05) is 0 Å². The molecule has 2 aromatic carbocycles. The molecule has 3 aromatic heterocycles. The predicted octanol–water partition coefficient (Wildman–Crippen LogP) is 6.47. The van der Waals surface area contributed by atoms with Crippen LogP contribution in [0.5, 0.6) is 0 Å². The van der Waals surface area contributed by atoms with Gasteiger partial charge >= 0.3 is 0 Å². The molecule has 3 nitrogen and oxygen atoms in total. The average Bonchev–Trinajstić information content (AvgIpc) is 2.87. The minimum atomic E-state index is 0. The van der Waals surface area contributed by atoms with Crippen molar-refractivity contribution in [3.05, 3.63) is 127 Å². The molecular formula is C28H21IrN3-2. The van der Waals surface area contributed by atoms with Gasteiger partial charge in [-0.2, -0.15) is 0 Å². The third-order valence-corrected chi connectivity index (χ3v) is 4.60. The van der Waals surface area contributed by atoms with E-state index >= 15 is 0 Å². The summed E-state index contributed by atoms with van der Waals surface area (Å²) in [7, 11) is 0. The van der Waals surface area contributed by atoms with Gasteiger partial charge in [0.05, 0.1) is 5.69 Å². The van der Waals surface area contributed by atoms with Gasteiger partial charge in [0.2, 0.25) is 0 Å². The molecule has 0 saturated heterocycles. The van der Waals surface area contributed by atoms with Crippen LogP contribution < -0.4 is 0 Å². The van der Waals surface area contributed by atoms with Crippen LogP contribution in [-0.4, -0.2) is 15.0 Å². The van der Waals surface area contributed by atoms with Crippen molar-refractivity contribution in [3.8, 4) is 33.8 Å². The summed E-state index contributed by atoms with van der Waals surface area (Å²) in [5.74, 6) is 0. The van der Waals surface area contributed by atoms with E-state index in [9.17, 15) is 0 Å². The number of benzene rings is 2. The molecule has 0 unspecified atom stereocenters. The molecule has 159 valence electrons. The second-order valence-corrected chi connectivity index (χ2v) is 6.92. The molecular weight excluding hydrogens is 571 g/mol. The van der Waals surface area contributed by atoms with E-state index in [4.69, 9.17) is 0 Å². The Morgan fingerprint density at radius 3 is 1.88 bits per heavy atom. The van der Waals surface area contributed by atoms with Gasteiger partial charge in [0.25, 0.3) is 0 Å². The van der Waals surface area contributed by atoms with Gasteiger partial charge in [0.15, 0.2) is 0 Å². The first-order valence-electron chi connectivity index (χ1n) is 10.0. The smallest absolute Gasteiger partial charge is 0.0695 e. The summed E-state index contributed by atoms with van der Waals surface area (Å²) in [5.41, 5.74) is 7.12. The third kappa shape index (κ3) is 6.27. The molecule has 4 heteroatoms. The Hall–Kier alpha value is -3.46. The van der Waals surface area contributed by atoms with Crippen LogP contribution in [-0.2, 0) is 20.1 Å². The van der Waals surface area contributed by atoms with Gasteiger partial charge in [0.1, 0.15) is 0 Å². The van der Waals surface area contributed by atoms with Crippen LogP contribution in [0.15, 0.2) is 110 Å². The first-order chi connectivity index (χ1) is 15.3. The second-order valence-electron chi connectivity index (χ2n) is 6.92. The number of aromatic nitrogens is 3. The van der Waals surface area contributed by atoms with Gasteiger partial charge < -0.3 is 9.97 Å². The Morgan fingerprint density at radius 2 is 1.28 bits per heavy atom. The van der Waals surface area contributed by atoms with E-state index in [2.05, 4.69) is 33.2 Å². The fourth-order valence-corrected chi connectivity index (χ4v) is 3.00. The minimum absolute atomic E-state index is 0. The summed E-state index contributed by atoms with van der Waals surface area (Å²) in [6.45, 7) is 2.04. The second kappa shape index (κ2) is 11.8. The van der Waals surface area contributed by atoms with E-state index in [0.717, 1.165) is 39.3 Å². The van der Waals surface area contributed by atoms with Crippen LogP contribution in [0.4, 0.5) is 0 Å². The standard InChI is InChI=1S/C17H13N2.C11H8N.Ir/c1-13-7-8-16(19-12-13)15-9-10-18-17(11-15)14-5-3-2-4-6-14;1-2-6-10(7-3-1)11-8-4-5-9-12-11;/h2-5,7-12H,1H3;1-6,8-9H;/q2*-1;. The van der Waals surface area contributed by atoms with E-state index in [-0.39, 0.29) is 20.1 Å². The third-order valence-electron chi connectivity index (χ3n) is 4.60. The number of aryl methyl sites for hydroxylation is 1. The summed E-state index contributed by atoms with van der Waals surface area (Å²) in [4.78, 5) is 13.1. The van der Waals surface area contributed by atoms with Gasteiger partial charge in [0, 0.05) is 38.7 Å². The van der Waals surface area contributed by atoms with Crippen molar-refractivity contribution in [1.82, 2.24) is 15.0 Å². The van der Waals surface area contributed by atoms with Gasteiger partial charge in [-0.3, -0.25) is 4.98 Å². The molecule has 0 aliphatic carbocycles. The quantitative estimate of drug-likeness (QED) is 0.226. The van der Waals surface area contributed by atoms with Gasteiger partial charge in [-0.15, -0.1) is 71.8 Å². The number of pyridine rings is 3. The molecule has 0 fully saturated rings. The molecule has 0 amide bonds. The SMILES string of the molecule is Cc1ccc(-c2ccnc(-c3[c-]cccc3)c2)nc1.[Ir].[c-]1ccccc1-c1ccccn1. The first-order valence-corrected chi connectivity index (χ1v) is 10.0. The van der Waals surface area contributed by atoms with Crippen LogP contribution >= 0.6 is 0 Å². The molecule has 3 heterocycles. The first kappa shape index (κ1) is 23.2.